The van der Waals surface area contributed by atoms with E-state index >= 15 is 0 Å². The molecule has 0 bridgehead atoms. The second-order valence-electron chi connectivity index (χ2n) is 8.11. The Bertz CT molecular complexity index is 1130. The summed E-state index contributed by atoms with van der Waals surface area (Å²) in [5.74, 6) is 1.43. The number of fused-ring (bicyclic) bond motifs is 1. The monoisotopic (exact) mass is 427 g/mol. The molecule has 7 nitrogen and oxygen atoms in total. The lowest BCUT2D eigenvalue weighted by molar-refractivity contribution is 0.240. The molecule has 1 aliphatic heterocycles. The molecule has 2 aromatic carbocycles. The average molecular weight is 428 g/mol. The van der Waals surface area contributed by atoms with E-state index in [-0.39, 0.29) is 0 Å². The zero-order valence-corrected chi connectivity index (χ0v) is 18.1. The fourth-order valence-corrected chi connectivity index (χ4v) is 4.09. The molecule has 5 rings (SSSR count). The maximum Gasteiger partial charge on any atom is 0.229 e. The number of aromatic amines is 1. The predicted molar refractivity (Wildman–Crippen MR) is 131 cm³/mol. The van der Waals surface area contributed by atoms with Gasteiger partial charge in [0.15, 0.2) is 0 Å². The van der Waals surface area contributed by atoms with Crippen molar-refractivity contribution >= 4 is 28.4 Å². The van der Waals surface area contributed by atoms with Gasteiger partial charge in [-0.1, -0.05) is 30.3 Å². The largest absolute Gasteiger partial charge is 0.370 e. The van der Waals surface area contributed by atoms with Crippen LogP contribution in [0.15, 0.2) is 66.9 Å². The van der Waals surface area contributed by atoms with E-state index in [9.17, 15) is 0 Å². The van der Waals surface area contributed by atoms with Gasteiger partial charge >= 0.3 is 0 Å². The Hall–Kier alpha value is -3.42. The Balaban J connectivity index is 1.20. The molecular weight excluding hydrogens is 398 g/mol. The number of hydrogen-bond acceptors (Lipinski definition) is 6. The van der Waals surface area contributed by atoms with E-state index in [4.69, 9.17) is 0 Å². The summed E-state index contributed by atoms with van der Waals surface area (Å²) in [5.41, 5.74) is 4.31. The van der Waals surface area contributed by atoms with E-state index in [0.717, 1.165) is 74.0 Å². The predicted octanol–water partition coefficient (Wildman–Crippen LogP) is 4.08. The van der Waals surface area contributed by atoms with Crippen molar-refractivity contribution < 1.29 is 0 Å². The number of nitrogens with zero attached hydrogens (tertiary/aromatic N) is 3. The second-order valence-corrected chi connectivity index (χ2v) is 8.11. The van der Waals surface area contributed by atoms with Crippen LogP contribution in [-0.4, -0.2) is 59.1 Å². The molecule has 4 aromatic rings. The van der Waals surface area contributed by atoms with E-state index in [1.807, 2.05) is 24.3 Å². The standard InChI is InChI=1S/C25H29N7/c1-2-8-22-20(5-1)18-23(30-22)19-6-3-7-21(17-19)29-25-28-11-9-24(31-25)27-10-4-14-32-15-12-26-13-16-32/h1-3,5-9,11,17-18,26,30H,4,10,12-16H2,(H2,27,28,29,31). The normalized spacial score (nSPS) is 14.5. The Morgan fingerprint density at radius 1 is 0.969 bits per heavy atom. The van der Waals surface area contributed by atoms with Gasteiger partial charge in [-0.3, -0.25) is 0 Å². The first-order chi connectivity index (χ1) is 15.8. The molecule has 0 spiro atoms. The second kappa shape index (κ2) is 9.80. The van der Waals surface area contributed by atoms with Gasteiger partial charge in [-0.15, -0.1) is 0 Å². The summed E-state index contributed by atoms with van der Waals surface area (Å²) in [7, 11) is 0. The SMILES string of the molecule is c1cc(Nc2nccc(NCCCN3CCNCC3)n2)cc(-c2cc3ccccc3[nH]2)c1. The maximum atomic E-state index is 4.62. The highest BCUT2D eigenvalue weighted by Gasteiger charge is 2.09. The van der Waals surface area contributed by atoms with Crippen molar-refractivity contribution in [1.29, 1.82) is 0 Å². The summed E-state index contributed by atoms with van der Waals surface area (Å²) in [4.78, 5) is 15.0. The van der Waals surface area contributed by atoms with Crippen LogP contribution in [0.1, 0.15) is 6.42 Å². The Labute approximate surface area is 188 Å². The maximum absolute atomic E-state index is 4.62. The van der Waals surface area contributed by atoms with E-state index in [1.54, 1.807) is 6.20 Å². The number of para-hydroxylation sites is 1. The van der Waals surface area contributed by atoms with Crippen molar-refractivity contribution in [1.82, 2.24) is 25.2 Å². The summed E-state index contributed by atoms with van der Waals surface area (Å²) in [6.07, 6.45) is 2.88. The van der Waals surface area contributed by atoms with Crippen molar-refractivity contribution in [3.63, 3.8) is 0 Å². The Morgan fingerprint density at radius 3 is 2.78 bits per heavy atom. The highest BCUT2D eigenvalue weighted by molar-refractivity contribution is 5.86. The van der Waals surface area contributed by atoms with Crippen LogP contribution in [-0.2, 0) is 0 Å². The third-order valence-electron chi connectivity index (χ3n) is 5.78. The zero-order chi connectivity index (χ0) is 21.6. The molecule has 0 atom stereocenters. The van der Waals surface area contributed by atoms with E-state index in [2.05, 4.69) is 72.2 Å². The van der Waals surface area contributed by atoms with Crippen molar-refractivity contribution in [3.8, 4) is 11.3 Å². The quantitative estimate of drug-likeness (QED) is 0.317. The Kier molecular flexibility index (Phi) is 6.28. The number of aromatic nitrogens is 3. The summed E-state index contributed by atoms with van der Waals surface area (Å²) < 4.78 is 0. The van der Waals surface area contributed by atoms with E-state index in [0.29, 0.717) is 5.95 Å². The molecule has 1 fully saturated rings. The number of rotatable bonds is 8. The Morgan fingerprint density at radius 2 is 1.88 bits per heavy atom. The van der Waals surface area contributed by atoms with Gasteiger partial charge in [0, 0.05) is 66.8 Å². The molecule has 164 valence electrons. The molecular formula is C25H29N7. The summed E-state index contributed by atoms with van der Waals surface area (Å²) in [6.45, 7) is 6.48. The van der Waals surface area contributed by atoms with Crippen LogP contribution in [0.2, 0.25) is 0 Å². The van der Waals surface area contributed by atoms with Crippen molar-refractivity contribution in [2.24, 2.45) is 0 Å². The van der Waals surface area contributed by atoms with Crippen LogP contribution in [0.25, 0.3) is 22.2 Å². The fourth-order valence-electron chi connectivity index (χ4n) is 4.09. The number of piperazine rings is 1. The summed E-state index contributed by atoms with van der Waals surface area (Å²) >= 11 is 0. The number of hydrogen-bond donors (Lipinski definition) is 4. The van der Waals surface area contributed by atoms with Crippen molar-refractivity contribution in [2.75, 3.05) is 49.9 Å². The van der Waals surface area contributed by atoms with Gasteiger partial charge in [-0.2, -0.15) is 4.98 Å². The van der Waals surface area contributed by atoms with Crippen molar-refractivity contribution in [2.45, 2.75) is 6.42 Å². The van der Waals surface area contributed by atoms with E-state index in [1.165, 1.54) is 5.39 Å². The molecule has 3 heterocycles. The first kappa shape index (κ1) is 20.5. The third kappa shape index (κ3) is 5.07. The summed E-state index contributed by atoms with van der Waals surface area (Å²) in [5, 5.41) is 11.4. The van der Waals surface area contributed by atoms with Gasteiger partial charge in [0.1, 0.15) is 5.82 Å². The smallest absolute Gasteiger partial charge is 0.229 e. The van der Waals surface area contributed by atoms with Gasteiger partial charge in [-0.25, -0.2) is 4.98 Å². The molecule has 0 unspecified atom stereocenters. The van der Waals surface area contributed by atoms with Crippen LogP contribution in [0.5, 0.6) is 0 Å². The first-order valence-electron chi connectivity index (χ1n) is 11.3. The van der Waals surface area contributed by atoms with Crippen LogP contribution in [0, 0.1) is 0 Å². The minimum Gasteiger partial charge on any atom is -0.370 e. The number of H-pyrrole nitrogens is 1. The number of anilines is 3. The molecule has 1 aliphatic rings. The number of nitrogens with one attached hydrogen (secondary N) is 4. The average Bonchev–Trinajstić information content (AvgIpc) is 3.28. The van der Waals surface area contributed by atoms with Crippen LogP contribution in [0.4, 0.5) is 17.5 Å². The molecule has 7 heteroatoms. The molecule has 4 N–H and O–H groups in total. The molecule has 0 radical (unpaired) electrons. The highest BCUT2D eigenvalue weighted by atomic mass is 15.2. The highest BCUT2D eigenvalue weighted by Crippen LogP contribution is 2.26. The van der Waals surface area contributed by atoms with Gasteiger partial charge in [0.2, 0.25) is 5.95 Å². The fraction of sp³-hybridized carbons (Fsp3) is 0.280. The molecule has 0 amide bonds. The minimum atomic E-state index is 0.589. The minimum absolute atomic E-state index is 0.589. The van der Waals surface area contributed by atoms with Crippen LogP contribution < -0.4 is 16.0 Å². The van der Waals surface area contributed by atoms with Crippen molar-refractivity contribution in [3.05, 3.63) is 66.9 Å². The van der Waals surface area contributed by atoms with Gasteiger partial charge < -0.3 is 25.8 Å². The van der Waals surface area contributed by atoms with Gasteiger partial charge in [-0.05, 0) is 43.3 Å². The van der Waals surface area contributed by atoms with Crippen LogP contribution in [0.3, 0.4) is 0 Å². The molecule has 0 aliphatic carbocycles. The lowest BCUT2D eigenvalue weighted by atomic mass is 10.1. The lowest BCUT2D eigenvalue weighted by Crippen LogP contribution is -2.44. The van der Waals surface area contributed by atoms with Crippen LogP contribution >= 0.6 is 0 Å². The zero-order valence-electron chi connectivity index (χ0n) is 18.1. The van der Waals surface area contributed by atoms with Gasteiger partial charge in [0.05, 0.1) is 0 Å². The first-order valence-corrected chi connectivity index (χ1v) is 11.3. The number of benzene rings is 2. The third-order valence-corrected chi connectivity index (χ3v) is 5.78. The van der Waals surface area contributed by atoms with E-state index < -0.39 is 0 Å². The molecule has 1 saturated heterocycles. The molecule has 2 aromatic heterocycles. The summed E-state index contributed by atoms with van der Waals surface area (Å²) in [6, 6.07) is 20.7. The molecule has 32 heavy (non-hydrogen) atoms. The van der Waals surface area contributed by atoms with Gasteiger partial charge in [0.25, 0.3) is 0 Å². The lowest BCUT2D eigenvalue weighted by Gasteiger charge is -2.27. The molecule has 0 saturated carbocycles. The topological polar surface area (TPSA) is 80.9 Å².